The Morgan fingerprint density at radius 1 is 0.886 bits per heavy atom. The highest BCUT2D eigenvalue weighted by Gasteiger charge is 2.27. The number of fused-ring (bicyclic) bond motifs is 1. The minimum atomic E-state index is 0.0703. The lowest BCUT2D eigenvalue weighted by atomic mass is 10.1. The van der Waals surface area contributed by atoms with Gasteiger partial charge in [0.25, 0.3) is 5.91 Å². The Morgan fingerprint density at radius 3 is 2.14 bits per heavy atom. The molecule has 2 aromatic carbocycles. The number of nitrogens with zero attached hydrogens (tertiary/aromatic N) is 6. The SMILES string of the molecule is COCc1nc(N2CCN(C(=O)c3ccc(C)cc3)CC2)c2c(C)nn(-c3ccc(C)cc3)c2n1. The number of rotatable bonds is 5. The van der Waals surface area contributed by atoms with Crippen LogP contribution in [0.2, 0.25) is 0 Å². The maximum atomic E-state index is 13.0. The van der Waals surface area contributed by atoms with Gasteiger partial charge in [-0.05, 0) is 45.0 Å². The molecule has 1 saturated heterocycles. The summed E-state index contributed by atoms with van der Waals surface area (Å²) in [6.45, 7) is 9.02. The van der Waals surface area contributed by atoms with Crippen molar-refractivity contribution in [1.82, 2.24) is 24.6 Å². The Labute approximate surface area is 205 Å². The number of piperazine rings is 1. The summed E-state index contributed by atoms with van der Waals surface area (Å²) < 4.78 is 7.25. The number of aryl methyl sites for hydroxylation is 3. The summed E-state index contributed by atoms with van der Waals surface area (Å²) in [4.78, 5) is 26.8. The summed E-state index contributed by atoms with van der Waals surface area (Å²) in [5.74, 6) is 1.53. The van der Waals surface area contributed by atoms with Crippen LogP contribution in [0.15, 0.2) is 48.5 Å². The fraction of sp³-hybridized carbons (Fsp3) is 0.333. The zero-order valence-corrected chi connectivity index (χ0v) is 20.7. The Kier molecular flexibility index (Phi) is 6.21. The Hall–Kier alpha value is -3.78. The molecule has 35 heavy (non-hydrogen) atoms. The lowest BCUT2D eigenvalue weighted by Crippen LogP contribution is -2.49. The van der Waals surface area contributed by atoms with Crippen LogP contribution >= 0.6 is 0 Å². The van der Waals surface area contributed by atoms with Gasteiger partial charge in [0.1, 0.15) is 12.4 Å². The predicted molar refractivity (Wildman–Crippen MR) is 136 cm³/mol. The van der Waals surface area contributed by atoms with E-state index >= 15 is 0 Å². The smallest absolute Gasteiger partial charge is 0.253 e. The van der Waals surface area contributed by atoms with Gasteiger partial charge in [0, 0.05) is 38.9 Å². The van der Waals surface area contributed by atoms with Crippen LogP contribution in [0.1, 0.15) is 33.0 Å². The van der Waals surface area contributed by atoms with Crippen molar-refractivity contribution in [2.75, 3.05) is 38.2 Å². The second kappa shape index (κ2) is 9.46. The van der Waals surface area contributed by atoms with E-state index in [9.17, 15) is 4.79 Å². The first-order chi connectivity index (χ1) is 16.9. The van der Waals surface area contributed by atoms with Crippen molar-refractivity contribution in [2.45, 2.75) is 27.4 Å². The lowest BCUT2D eigenvalue weighted by molar-refractivity contribution is 0.0746. The van der Waals surface area contributed by atoms with Gasteiger partial charge in [0.15, 0.2) is 11.5 Å². The highest BCUT2D eigenvalue weighted by atomic mass is 16.5. The largest absolute Gasteiger partial charge is 0.377 e. The van der Waals surface area contributed by atoms with E-state index in [2.05, 4.69) is 36.1 Å². The van der Waals surface area contributed by atoms with Gasteiger partial charge in [0.2, 0.25) is 0 Å². The van der Waals surface area contributed by atoms with Gasteiger partial charge in [-0.1, -0.05) is 35.4 Å². The molecule has 0 atom stereocenters. The molecule has 0 spiro atoms. The van der Waals surface area contributed by atoms with Crippen molar-refractivity contribution >= 4 is 22.8 Å². The Morgan fingerprint density at radius 2 is 1.51 bits per heavy atom. The molecule has 0 aliphatic carbocycles. The van der Waals surface area contributed by atoms with E-state index in [-0.39, 0.29) is 5.91 Å². The van der Waals surface area contributed by atoms with Crippen LogP contribution in [0, 0.1) is 20.8 Å². The predicted octanol–water partition coefficient (Wildman–Crippen LogP) is 3.85. The Balaban J connectivity index is 1.46. The molecule has 0 bridgehead atoms. The zero-order valence-electron chi connectivity index (χ0n) is 20.7. The number of methoxy groups -OCH3 is 1. The summed E-state index contributed by atoms with van der Waals surface area (Å²) in [6, 6.07) is 16.0. The standard InChI is InChI=1S/C27H30N6O2/c1-18-5-9-21(10-6-18)27(34)32-15-13-31(14-16-32)25-24-20(3)30-33(22-11-7-19(2)8-12-22)26(24)29-23(28-25)17-35-4/h5-12H,13-17H2,1-4H3. The van der Waals surface area contributed by atoms with Crippen molar-refractivity contribution in [1.29, 1.82) is 0 Å². The van der Waals surface area contributed by atoms with Crippen molar-refractivity contribution in [3.8, 4) is 5.69 Å². The summed E-state index contributed by atoms with van der Waals surface area (Å²) in [5.41, 5.74) is 5.66. The van der Waals surface area contributed by atoms with E-state index in [1.807, 2.05) is 47.7 Å². The third-order valence-corrected chi connectivity index (χ3v) is 6.45. The van der Waals surface area contributed by atoms with Gasteiger partial charge in [-0.3, -0.25) is 4.79 Å². The number of aromatic nitrogens is 4. The van der Waals surface area contributed by atoms with Crippen molar-refractivity contribution in [2.24, 2.45) is 0 Å². The topological polar surface area (TPSA) is 76.4 Å². The number of anilines is 1. The number of carbonyl (C=O) groups is 1. The molecule has 1 amide bonds. The third-order valence-electron chi connectivity index (χ3n) is 6.45. The molecule has 1 fully saturated rings. The molecule has 4 aromatic rings. The van der Waals surface area contributed by atoms with Crippen LogP contribution in [0.4, 0.5) is 5.82 Å². The van der Waals surface area contributed by atoms with E-state index in [1.54, 1.807) is 7.11 Å². The second-order valence-corrected chi connectivity index (χ2v) is 9.07. The van der Waals surface area contributed by atoms with E-state index < -0.39 is 0 Å². The molecular weight excluding hydrogens is 440 g/mol. The first-order valence-corrected chi connectivity index (χ1v) is 11.9. The summed E-state index contributed by atoms with van der Waals surface area (Å²) in [6.07, 6.45) is 0. The summed E-state index contributed by atoms with van der Waals surface area (Å²) in [5, 5.41) is 5.75. The lowest BCUT2D eigenvalue weighted by Gasteiger charge is -2.35. The molecule has 5 rings (SSSR count). The number of carbonyl (C=O) groups excluding carboxylic acids is 1. The Bertz CT molecular complexity index is 1350. The van der Waals surface area contributed by atoms with Gasteiger partial charge in [-0.15, -0.1) is 0 Å². The molecule has 1 aliphatic rings. The number of hydrogen-bond acceptors (Lipinski definition) is 6. The molecule has 1 aliphatic heterocycles. The molecule has 180 valence electrons. The molecular formula is C27H30N6O2. The molecule has 0 N–H and O–H groups in total. The van der Waals surface area contributed by atoms with Gasteiger partial charge >= 0.3 is 0 Å². The van der Waals surface area contributed by atoms with Crippen LogP contribution in [0.25, 0.3) is 16.7 Å². The van der Waals surface area contributed by atoms with E-state index in [0.717, 1.165) is 39.4 Å². The zero-order chi connectivity index (χ0) is 24.5. The molecule has 8 heteroatoms. The minimum Gasteiger partial charge on any atom is -0.377 e. The molecule has 0 saturated carbocycles. The van der Waals surface area contributed by atoms with Crippen LogP contribution in [0.3, 0.4) is 0 Å². The second-order valence-electron chi connectivity index (χ2n) is 9.07. The fourth-order valence-corrected chi connectivity index (χ4v) is 4.49. The summed E-state index contributed by atoms with van der Waals surface area (Å²) >= 11 is 0. The van der Waals surface area contributed by atoms with E-state index in [4.69, 9.17) is 19.8 Å². The van der Waals surface area contributed by atoms with Crippen LogP contribution in [-0.4, -0.2) is 63.8 Å². The number of benzene rings is 2. The molecule has 0 radical (unpaired) electrons. The normalized spacial score (nSPS) is 14.1. The quantitative estimate of drug-likeness (QED) is 0.441. The van der Waals surface area contributed by atoms with E-state index in [0.29, 0.717) is 38.6 Å². The first kappa shape index (κ1) is 23.0. The van der Waals surface area contributed by atoms with Crippen LogP contribution < -0.4 is 4.90 Å². The monoisotopic (exact) mass is 470 g/mol. The van der Waals surface area contributed by atoms with Gasteiger partial charge in [-0.25, -0.2) is 14.6 Å². The maximum absolute atomic E-state index is 13.0. The highest BCUT2D eigenvalue weighted by molar-refractivity contribution is 5.95. The first-order valence-electron chi connectivity index (χ1n) is 11.9. The average molecular weight is 471 g/mol. The van der Waals surface area contributed by atoms with Crippen LogP contribution in [0.5, 0.6) is 0 Å². The van der Waals surface area contributed by atoms with Gasteiger partial charge < -0.3 is 14.5 Å². The molecule has 8 nitrogen and oxygen atoms in total. The minimum absolute atomic E-state index is 0.0703. The van der Waals surface area contributed by atoms with Crippen molar-refractivity contribution in [3.05, 3.63) is 76.7 Å². The van der Waals surface area contributed by atoms with Crippen molar-refractivity contribution < 1.29 is 9.53 Å². The van der Waals surface area contributed by atoms with Gasteiger partial charge in [-0.2, -0.15) is 5.10 Å². The average Bonchev–Trinajstić information content (AvgIpc) is 3.20. The number of amides is 1. The molecule has 3 heterocycles. The molecule has 0 unspecified atom stereocenters. The van der Waals surface area contributed by atoms with E-state index in [1.165, 1.54) is 5.56 Å². The highest BCUT2D eigenvalue weighted by Crippen LogP contribution is 2.30. The number of hydrogen-bond donors (Lipinski definition) is 0. The third kappa shape index (κ3) is 4.49. The maximum Gasteiger partial charge on any atom is 0.253 e. The van der Waals surface area contributed by atoms with Gasteiger partial charge in [0.05, 0.1) is 16.8 Å². The fourth-order valence-electron chi connectivity index (χ4n) is 4.49. The van der Waals surface area contributed by atoms with Crippen molar-refractivity contribution in [3.63, 3.8) is 0 Å². The number of ether oxygens (including phenoxy) is 1. The molecule has 2 aromatic heterocycles. The summed E-state index contributed by atoms with van der Waals surface area (Å²) in [7, 11) is 1.64. The van der Waals surface area contributed by atoms with Crippen LogP contribution in [-0.2, 0) is 11.3 Å².